The van der Waals surface area contributed by atoms with Crippen molar-refractivity contribution in [3.05, 3.63) is 35.4 Å². The lowest BCUT2D eigenvalue weighted by Crippen LogP contribution is -3.00. The molecule has 3 N–H and O–H groups in total. The van der Waals surface area contributed by atoms with Crippen molar-refractivity contribution in [2.24, 2.45) is 0 Å². The van der Waals surface area contributed by atoms with Crippen LogP contribution in [0.2, 0.25) is 0 Å². The van der Waals surface area contributed by atoms with Gasteiger partial charge in [0.25, 0.3) is 0 Å². The molecule has 1 aromatic carbocycles. The number of quaternary nitrogens is 1. The van der Waals surface area contributed by atoms with Gasteiger partial charge in [0.15, 0.2) is 0 Å². The first-order valence-electron chi connectivity index (χ1n) is 8.99. The largest absolute Gasteiger partial charge is 1.00 e. The van der Waals surface area contributed by atoms with Crippen LogP contribution in [0.15, 0.2) is 24.3 Å². The number of unbranched alkanes of at least 4 members (excludes halogenated alkanes) is 8. The normalized spacial score (nSPS) is 11.3. The third-order valence-electron chi connectivity index (χ3n) is 4.30. The lowest BCUT2D eigenvalue weighted by molar-refractivity contribution is -0.475. The highest BCUT2D eigenvalue weighted by Gasteiger charge is 2.20. The summed E-state index contributed by atoms with van der Waals surface area (Å²) in [6, 6.07) is 8.84. The average Bonchev–Trinajstić information content (AvgIpc) is 2.45. The summed E-state index contributed by atoms with van der Waals surface area (Å²) in [6.07, 6.45) is 13.8. The van der Waals surface area contributed by atoms with E-state index in [1.807, 2.05) is 0 Å². The van der Waals surface area contributed by atoms with E-state index in [9.17, 15) is 0 Å². The summed E-state index contributed by atoms with van der Waals surface area (Å²) in [6.45, 7) is 6.70. The van der Waals surface area contributed by atoms with Gasteiger partial charge in [0.1, 0.15) is 5.54 Å². The molecule has 0 amide bonds. The standard InChI is InChI=1S/C20H35N.ClH/c1-4-5-6-7-8-9-10-11-12-15-18-16-13-14-17-19(18)20(2,3)21;/h13-14,16-17H,4-12,15,21H2,1-3H3;1H. The maximum atomic E-state index is 4.29. The Morgan fingerprint density at radius 2 is 1.32 bits per heavy atom. The monoisotopic (exact) mass is 325 g/mol. The highest BCUT2D eigenvalue weighted by Crippen LogP contribution is 2.21. The second kappa shape index (κ2) is 12.0. The van der Waals surface area contributed by atoms with Crippen molar-refractivity contribution in [1.29, 1.82) is 0 Å². The molecule has 128 valence electrons. The number of halogens is 1. The van der Waals surface area contributed by atoms with Crippen molar-refractivity contribution in [2.75, 3.05) is 0 Å². The molecule has 2 heteroatoms. The Kier molecular flexibility index (Phi) is 11.7. The van der Waals surface area contributed by atoms with Gasteiger partial charge in [-0.1, -0.05) is 82.6 Å². The predicted molar refractivity (Wildman–Crippen MR) is 93.3 cm³/mol. The fourth-order valence-electron chi connectivity index (χ4n) is 3.02. The molecule has 0 fully saturated rings. The van der Waals surface area contributed by atoms with Crippen LogP contribution in [0.25, 0.3) is 0 Å². The molecule has 0 atom stereocenters. The van der Waals surface area contributed by atoms with Crippen LogP contribution in [-0.4, -0.2) is 0 Å². The van der Waals surface area contributed by atoms with Gasteiger partial charge in [0, 0.05) is 5.56 Å². The van der Waals surface area contributed by atoms with Gasteiger partial charge >= 0.3 is 0 Å². The van der Waals surface area contributed by atoms with Crippen molar-refractivity contribution in [3.63, 3.8) is 0 Å². The second-order valence-corrected chi connectivity index (χ2v) is 7.12. The molecule has 0 heterocycles. The Hall–Kier alpha value is -0.530. The minimum Gasteiger partial charge on any atom is -1.00 e. The van der Waals surface area contributed by atoms with Crippen LogP contribution in [0.1, 0.15) is 89.7 Å². The zero-order valence-corrected chi connectivity index (χ0v) is 15.7. The second-order valence-electron chi connectivity index (χ2n) is 7.12. The summed E-state index contributed by atoms with van der Waals surface area (Å²) in [5, 5.41) is 0. The summed E-state index contributed by atoms with van der Waals surface area (Å²) in [5.41, 5.74) is 7.24. The number of aryl methyl sites for hydroxylation is 1. The number of hydrogen-bond acceptors (Lipinski definition) is 0. The molecule has 0 bridgehead atoms. The fraction of sp³-hybridized carbons (Fsp3) is 0.700. The first kappa shape index (κ1) is 21.5. The van der Waals surface area contributed by atoms with Crippen molar-refractivity contribution in [2.45, 2.75) is 90.5 Å². The van der Waals surface area contributed by atoms with E-state index in [0.717, 1.165) is 0 Å². The van der Waals surface area contributed by atoms with E-state index in [-0.39, 0.29) is 17.9 Å². The molecular formula is C20H36ClN. The van der Waals surface area contributed by atoms with Crippen molar-refractivity contribution in [3.8, 4) is 0 Å². The Morgan fingerprint density at radius 1 is 0.818 bits per heavy atom. The topological polar surface area (TPSA) is 27.6 Å². The highest BCUT2D eigenvalue weighted by atomic mass is 35.5. The Labute approximate surface area is 144 Å². The first-order chi connectivity index (χ1) is 10.1. The lowest BCUT2D eigenvalue weighted by Gasteiger charge is -2.19. The van der Waals surface area contributed by atoms with Crippen LogP contribution in [-0.2, 0) is 12.0 Å². The van der Waals surface area contributed by atoms with E-state index < -0.39 is 0 Å². The molecule has 1 aromatic rings. The smallest absolute Gasteiger partial charge is 0.115 e. The molecule has 1 nitrogen and oxygen atoms in total. The van der Waals surface area contributed by atoms with Crippen LogP contribution in [0.3, 0.4) is 0 Å². The summed E-state index contributed by atoms with van der Waals surface area (Å²) in [5.74, 6) is 0. The molecule has 1 rings (SSSR count). The van der Waals surface area contributed by atoms with Crippen LogP contribution in [0.5, 0.6) is 0 Å². The molecule has 0 aliphatic carbocycles. The third-order valence-corrected chi connectivity index (χ3v) is 4.30. The molecule has 0 saturated heterocycles. The number of benzene rings is 1. The van der Waals surface area contributed by atoms with Crippen molar-refractivity contribution < 1.29 is 18.1 Å². The van der Waals surface area contributed by atoms with E-state index in [1.54, 1.807) is 0 Å². The molecule has 0 radical (unpaired) electrons. The number of rotatable bonds is 11. The molecule has 0 saturated carbocycles. The minimum atomic E-state index is 0. The molecule has 0 spiro atoms. The predicted octanol–water partition coefficient (Wildman–Crippen LogP) is 2.24. The van der Waals surface area contributed by atoms with E-state index in [0.29, 0.717) is 0 Å². The van der Waals surface area contributed by atoms with Gasteiger partial charge in [-0.25, -0.2) is 0 Å². The van der Waals surface area contributed by atoms with Crippen molar-refractivity contribution >= 4 is 0 Å². The van der Waals surface area contributed by atoms with E-state index in [2.05, 4.69) is 50.8 Å². The summed E-state index contributed by atoms with van der Waals surface area (Å²) in [4.78, 5) is 0. The van der Waals surface area contributed by atoms with Crippen molar-refractivity contribution in [1.82, 2.24) is 0 Å². The van der Waals surface area contributed by atoms with Crippen LogP contribution in [0, 0.1) is 0 Å². The SMILES string of the molecule is CCCCCCCCCCCc1ccccc1C(C)(C)[NH3+].[Cl-]. The van der Waals surface area contributed by atoms with Gasteiger partial charge in [-0.05, 0) is 32.3 Å². The maximum Gasteiger partial charge on any atom is 0.115 e. The van der Waals surface area contributed by atoms with Gasteiger partial charge in [-0.3, -0.25) is 0 Å². The zero-order valence-electron chi connectivity index (χ0n) is 15.0. The van der Waals surface area contributed by atoms with Crippen LogP contribution in [0.4, 0.5) is 0 Å². The van der Waals surface area contributed by atoms with E-state index in [4.69, 9.17) is 0 Å². The molecule has 22 heavy (non-hydrogen) atoms. The van der Waals surface area contributed by atoms with Gasteiger partial charge < -0.3 is 18.1 Å². The quantitative estimate of drug-likeness (QED) is 0.604. The Bertz CT molecular complexity index is 382. The lowest BCUT2D eigenvalue weighted by atomic mass is 9.89. The van der Waals surface area contributed by atoms with Gasteiger partial charge in [-0.15, -0.1) is 0 Å². The van der Waals surface area contributed by atoms with Gasteiger partial charge in [0.05, 0.1) is 0 Å². The third kappa shape index (κ3) is 8.80. The fourth-order valence-corrected chi connectivity index (χ4v) is 3.02. The molecule has 0 aromatic heterocycles. The molecule has 0 aliphatic rings. The Balaban J connectivity index is 0.00000441. The first-order valence-corrected chi connectivity index (χ1v) is 8.99. The molecule has 0 unspecified atom stereocenters. The zero-order chi connectivity index (χ0) is 15.6. The number of hydrogen-bond donors (Lipinski definition) is 1. The van der Waals surface area contributed by atoms with Crippen LogP contribution < -0.4 is 18.1 Å². The van der Waals surface area contributed by atoms with E-state index >= 15 is 0 Å². The van der Waals surface area contributed by atoms with Gasteiger partial charge in [0.2, 0.25) is 0 Å². The highest BCUT2D eigenvalue weighted by molar-refractivity contribution is 5.31. The average molecular weight is 326 g/mol. The molecular weight excluding hydrogens is 290 g/mol. The summed E-state index contributed by atoms with van der Waals surface area (Å²) >= 11 is 0. The van der Waals surface area contributed by atoms with E-state index in [1.165, 1.54) is 75.3 Å². The maximum absolute atomic E-state index is 4.29. The summed E-state index contributed by atoms with van der Waals surface area (Å²) in [7, 11) is 0. The van der Waals surface area contributed by atoms with Crippen LogP contribution >= 0.6 is 0 Å². The molecule has 0 aliphatic heterocycles. The van der Waals surface area contributed by atoms with Gasteiger partial charge in [-0.2, -0.15) is 0 Å². The summed E-state index contributed by atoms with van der Waals surface area (Å²) < 4.78 is 0. The Morgan fingerprint density at radius 3 is 1.86 bits per heavy atom. The minimum absolute atomic E-state index is 0.